The molecule has 2 heterocycles. The number of nitrogens with zero attached hydrogens (tertiary/aromatic N) is 1. The van der Waals surface area contributed by atoms with Crippen LogP contribution < -0.4 is 32.3 Å². The number of phenolic OH excluding ortho intramolecular Hbond substituents is 1. The summed E-state index contributed by atoms with van der Waals surface area (Å²) >= 11 is 0. The van der Waals surface area contributed by atoms with Gasteiger partial charge in [-0.2, -0.15) is 0 Å². The highest BCUT2D eigenvalue weighted by Crippen LogP contribution is 2.20. The lowest BCUT2D eigenvalue weighted by molar-refractivity contribution is -0.143. The number of carboxylic acid groups (broad SMARTS) is 1. The molecule has 2 aliphatic rings. The molecule has 6 amide bonds. The summed E-state index contributed by atoms with van der Waals surface area (Å²) in [4.78, 5) is 91.0. The van der Waals surface area contributed by atoms with E-state index in [0.717, 1.165) is 6.42 Å². The minimum Gasteiger partial charge on any atom is -0.508 e. The number of carboxylic acids is 1. The van der Waals surface area contributed by atoms with Gasteiger partial charge in [0.2, 0.25) is 35.4 Å². The quantitative estimate of drug-likeness (QED) is 0.102. The van der Waals surface area contributed by atoms with Crippen LogP contribution in [-0.4, -0.2) is 106 Å². The molecule has 16 heteroatoms. The van der Waals surface area contributed by atoms with E-state index >= 15 is 0 Å². The van der Waals surface area contributed by atoms with Crippen LogP contribution >= 0.6 is 0 Å². The fourth-order valence-corrected chi connectivity index (χ4v) is 5.83. The van der Waals surface area contributed by atoms with Crippen LogP contribution in [0.3, 0.4) is 0 Å². The number of nitrogens with one attached hydrogen (secondary N) is 5. The molecule has 2 fully saturated rings. The maximum Gasteiger partial charge on any atom is 0.326 e. The Hall–Kier alpha value is -4.73. The van der Waals surface area contributed by atoms with E-state index < -0.39 is 84.1 Å². The number of carbonyl (C=O) groups is 7. The molecule has 0 spiro atoms. The van der Waals surface area contributed by atoms with Crippen molar-refractivity contribution in [2.75, 3.05) is 13.1 Å². The first-order valence-electron chi connectivity index (χ1n) is 16.2. The van der Waals surface area contributed by atoms with Crippen LogP contribution in [0.25, 0.3) is 0 Å². The van der Waals surface area contributed by atoms with Gasteiger partial charge in [0.15, 0.2) is 0 Å². The Bertz CT molecular complexity index is 1350. The number of primary amides is 1. The van der Waals surface area contributed by atoms with E-state index in [2.05, 4.69) is 26.6 Å². The van der Waals surface area contributed by atoms with Gasteiger partial charge in [-0.25, -0.2) is 4.79 Å². The fourth-order valence-electron chi connectivity index (χ4n) is 5.83. The summed E-state index contributed by atoms with van der Waals surface area (Å²) in [5.41, 5.74) is 5.89. The molecule has 0 unspecified atom stereocenters. The molecule has 6 atom stereocenters. The number of hydrogen-bond donors (Lipinski definition) is 8. The molecule has 0 bridgehead atoms. The van der Waals surface area contributed by atoms with Crippen molar-refractivity contribution in [2.45, 2.75) is 102 Å². The molecule has 2 saturated heterocycles. The van der Waals surface area contributed by atoms with Crippen molar-refractivity contribution in [1.29, 1.82) is 0 Å². The Morgan fingerprint density at radius 1 is 0.875 bits per heavy atom. The molecule has 1 aromatic carbocycles. The van der Waals surface area contributed by atoms with E-state index in [1.807, 2.05) is 13.8 Å². The van der Waals surface area contributed by atoms with Crippen molar-refractivity contribution in [2.24, 2.45) is 11.7 Å². The Morgan fingerprint density at radius 3 is 2.10 bits per heavy atom. The third kappa shape index (κ3) is 10.9. The van der Waals surface area contributed by atoms with Gasteiger partial charge < -0.3 is 47.4 Å². The number of benzene rings is 1. The van der Waals surface area contributed by atoms with E-state index in [-0.39, 0.29) is 37.5 Å². The van der Waals surface area contributed by atoms with Crippen LogP contribution in [-0.2, 0) is 40.0 Å². The lowest BCUT2D eigenvalue weighted by Gasteiger charge is -2.29. The van der Waals surface area contributed by atoms with Crippen LogP contribution in [0.4, 0.5) is 0 Å². The standard InChI is InChI=1S/C32H47N7O9/c1-17(2)14-24(32(47)48)38-29(44)22(15-19-8-10-20(40)11-9-19)37-30(45)25-7-5-13-39(25)31(46)18(3)35-28(43)23(16-26(33)41)36-27(42)21-6-4-12-34-21/h8-11,17-18,21-25,34,40H,4-7,12-16H2,1-3H3,(H2,33,41)(H,35,43)(H,36,42)(H,37,45)(H,38,44)(H,47,48)/t18-,21-,22-,23-,24-,25-/m0/s1. The summed E-state index contributed by atoms with van der Waals surface area (Å²) in [7, 11) is 0. The summed E-state index contributed by atoms with van der Waals surface area (Å²) in [6, 6.07) is -0.389. The molecule has 2 aliphatic heterocycles. The van der Waals surface area contributed by atoms with Crippen LogP contribution in [0.1, 0.15) is 64.9 Å². The SMILES string of the molecule is CC(C)C[C@H](NC(=O)[C@H](Cc1ccc(O)cc1)NC(=O)[C@@H]1CCCN1C(=O)[C@H](C)NC(=O)[C@H](CC(N)=O)NC(=O)[C@@H]1CCCN1)C(=O)O. The minimum absolute atomic E-state index is 0.00197. The number of likely N-dealkylation sites (tertiary alicyclic amines) is 1. The second kappa shape index (κ2) is 17.4. The van der Waals surface area contributed by atoms with Gasteiger partial charge in [0.1, 0.15) is 36.0 Å². The van der Waals surface area contributed by atoms with Crippen molar-refractivity contribution in [3.8, 4) is 5.75 Å². The van der Waals surface area contributed by atoms with Crippen LogP contribution in [0, 0.1) is 5.92 Å². The van der Waals surface area contributed by atoms with Gasteiger partial charge in [-0.3, -0.25) is 28.8 Å². The van der Waals surface area contributed by atoms with E-state index in [9.17, 15) is 43.8 Å². The molecular formula is C32H47N7O9. The smallest absolute Gasteiger partial charge is 0.326 e. The van der Waals surface area contributed by atoms with Crippen LogP contribution in [0.2, 0.25) is 0 Å². The number of aromatic hydroxyl groups is 1. The summed E-state index contributed by atoms with van der Waals surface area (Å²) < 4.78 is 0. The van der Waals surface area contributed by atoms with Crippen molar-refractivity contribution in [1.82, 2.24) is 31.5 Å². The second-order valence-corrected chi connectivity index (χ2v) is 12.8. The highest BCUT2D eigenvalue weighted by Gasteiger charge is 2.39. The van der Waals surface area contributed by atoms with E-state index in [4.69, 9.17) is 5.73 Å². The van der Waals surface area contributed by atoms with Gasteiger partial charge in [-0.1, -0.05) is 26.0 Å². The minimum atomic E-state index is -1.31. The van der Waals surface area contributed by atoms with Crippen molar-refractivity contribution in [3.05, 3.63) is 29.8 Å². The molecule has 16 nitrogen and oxygen atoms in total. The number of aliphatic carboxylic acids is 1. The van der Waals surface area contributed by atoms with Crippen LogP contribution in [0.5, 0.6) is 5.75 Å². The number of hydrogen-bond acceptors (Lipinski definition) is 9. The van der Waals surface area contributed by atoms with Crippen LogP contribution in [0.15, 0.2) is 24.3 Å². The van der Waals surface area contributed by atoms with Gasteiger partial charge in [0, 0.05) is 13.0 Å². The Balaban J connectivity index is 1.71. The molecular weight excluding hydrogens is 626 g/mol. The third-order valence-corrected chi connectivity index (χ3v) is 8.31. The number of phenols is 1. The first-order chi connectivity index (χ1) is 22.7. The van der Waals surface area contributed by atoms with Gasteiger partial charge >= 0.3 is 5.97 Å². The zero-order chi connectivity index (χ0) is 35.5. The maximum absolute atomic E-state index is 13.6. The predicted octanol–water partition coefficient (Wildman–Crippen LogP) is -1.36. The largest absolute Gasteiger partial charge is 0.508 e. The lowest BCUT2D eigenvalue weighted by atomic mass is 10.0. The average molecular weight is 674 g/mol. The molecule has 1 aromatic rings. The number of rotatable bonds is 16. The Kier molecular flexibility index (Phi) is 13.7. The molecule has 0 radical (unpaired) electrons. The number of carbonyl (C=O) groups excluding carboxylic acids is 6. The molecule has 0 aliphatic carbocycles. The number of amides is 6. The van der Waals surface area contributed by atoms with Crippen molar-refractivity contribution >= 4 is 41.4 Å². The van der Waals surface area contributed by atoms with E-state index in [1.165, 1.54) is 24.0 Å². The van der Waals surface area contributed by atoms with Gasteiger partial charge in [0.05, 0.1) is 12.5 Å². The summed E-state index contributed by atoms with van der Waals surface area (Å²) in [6.45, 7) is 5.88. The summed E-state index contributed by atoms with van der Waals surface area (Å²) in [5.74, 6) is -5.29. The second-order valence-electron chi connectivity index (χ2n) is 12.8. The molecule has 264 valence electrons. The fraction of sp³-hybridized carbons (Fsp3) is 0.594. The average Bonchev–Trinajstić information content (AvgIpc) is 3.73. The topological polar surface area (TPSA) is 249 Å². The molecule has 9 N–H and O–H groups in total. The van der Waals surface area contributed by atoms with E-state index in [1.54, 1.807) is 12.1 Å². The molecule has 0 aromatic heterocycles. The maximum atomic E-state index is 13.6. The molecule has 3 rings (SSSR count). The number of nitrogens with two attached hydrogens (primary N) is 1. The normalized spacial score (nSPS) is 19.9. The molecule has 48 heavy (non-hydrogen) atoms. The summed E-state index contributed by atoms with van der Waals surface area (Å²) in [6.07, 6.45) is 1.74. The first-order valence-corrected chi connectivity index (χ1v) is 16.2. The highest BCUT2D eigenvalue weighted by atomic mass is 16.4. The zero-order valence-electron chi connectivity index (χ0n) is 27.5. The summed E-state index contributed by atoms with van der Waals surface area (Å²) in [5, 5.41) is 32.6. The third-order valence-electron chi connectivity index (χ3n) is 8.31. The lowest BCUT2D eigenvalue weighted by Crippen LogP contribution is -2.59. The zero-order valence-corrected chi connectivity index (χ0v) is 27.5. The van der Waals surface area contributed by atoms with Gasteiger partial charge in [0.25, 0.3) is 0 Å². The van der Waals surface area contributed by atoms with Gasteiger partial charge in [-0.15, -0.1) is 0 Å². The highest BCUT2D eigenvalue weighted by molar-refractivity contribution is 5.97. The Morgan fingerprint density at radius 2 is 1.52 bits per heavy atom. The Labute approximate surface area is 278 Å². The molecule has 0 saturated carbocycles. The van der Waals surface area contributed by atoms with Crippen molar-refractivity contribution in [3.63, 3.8) is 0 Å². The first kappa shape index (κ1) is 37.7. The van der Waals surface area contributed by atoms with E-state index in [0.29, 0.717) is 24.9 Å². The predicted molar refractivity (Wildman–Crippen MR) is 172 cm³/mol. The van der Waals surface area contributed by atoms with Crippen molar-refractivity contribution < 1.29 is 43.8 Å². The monoisotopic (exact) mass is 673 g/mol. The van der Waals surface area contributed by atoms with Gasteiger partial charge in [-0.05, 0) is 69.2 Å².